The van der Waals surface area contributed by atoms with Crippen LogP contribution in [0.25, 0.3) is 10.9 Å². The van der Waals surface area contributed by atoms with Gasteiger partial charge in [-0.3, -0.25) is 0 Å². The van der Waals surface area contributed by atoms with Crippen LogP contribution in [0, 0.1) is 0 Å². The molecule has 0 spiro atoms. The Morgan fingerprint density at radius 3 is 2.76 bits per heavy atom. The predicted molar refractivity (Wildman–Crippen MR) is 84.7 cm³/mol. The molecule has 1 unspecified atom stereocenters. The molecule has 0 saturated carbocycles. The number of para-hydroxylation sites is 1. The quantitative estimate of drug-likeness (QED) is 0.722. The number of hydrogen-bond acceptors (Lipinski definition) is 6. The lowest BCUT2D eigenvalue weighted by Crippen LogP contribution is -2.35. The average Bonchev–Trinajstić information content (AvgIpc) is 2.50. The number of benzene rings is 1. The van der Waals surface area contributed by atoms with Crippen LogP contribution in [-0.4, -0.2) is 48.0 Å². The summed E-state index contributed by atoms with van der Waals surface area (Å²) < 4.78 is 5.01. The van der Waals surface area contributed by atoms with Gasteiger partial charge in [-0.1, -0.05) is 12.1 Å². The molecule has 0 fully saturated rings. The largest absolute Gasteiger partial charge is 0.388 e. The third-order valence-electron chi connectivity index (χ3n) is 3.31. The molecular formula is C15H22N4O2. The molecule has 0 aliphatic heterocycles. The Kier molecular flexibility index (Phi) is 4.93. The number of nitrogens with one attached hydrogen (secondary N) is 2. The molecule has 0 radical (unpaired) electrons. The summed E-state index contributed by atoms with van der Waals surface area (Å²) in [5.41, 5.74) is -0.00196. The van der Waals surface area contributed by atoms with Gasteiger partial charge in [-0.15, -0.1) is 0 Å². The van der Waals surface area contributed by atoms with Crippen molar-refractivity contribution in [2.45, 2.75) is 18.9 Å². The van der Waals surface area contributed by atoms with Crippen molar-refractivity contribution in [3.8, 4) is 0 Å². The molecule has 3 N–H and O–H groups in total. The van der Waals surface area contributed by atoms with E-state index < -0.39 is 5.60 Å². The predicted octanol–water partition coefficient (Wildman–Crippen LogP) is 1.87. The molecule has 0 aliphatic rings. The van der Waals surface area contributed by atoms with Crippen molar-refractivity contribution in [1.29, 1.82) is 0 Å². The lowest BCUT2D eigenvalue weighted by Gasteiger charge is -2.24. The minimum Gasteiger partial charge on any atom is -0.388 e. The van der Waals surface area contributed by atoms with Gasteiger partial charge in [0.05, 0.1) is 11.1 Å². The maximum Gasteiger partial charge on any atom is 0.224 e. The summed E-state index contributed by atoms with van der Waals surface area (Å²) in [5.74, 6) is 1.26. The number of methoxy groups -OCH3 is 1. The highest BCUT2D eigenvalue weighted by Crippen LogP contribution is 2.22. The number of fused-ring (bicyclic) bond motifs is 1. The molecule has 0 saturated heterocycles. The van der Waals surface area contributed by atoms with Crippen LogP contribution in [0.2, 0.25) is 0 Å². The first-order valence-electron chi connectivity index (χ1n) is 6.95. The highest BCUT2D eigenvalue weighted by atomic mass is 16.5. The van der Waals surface area contributed by atoms with Crippen molar-refractivity contribution >= 4 is 22.7 Å². The minimum atomic E-state index is -0.859. The van der Waals surface area contributed by atoms with Crippen molar-refractivity contribution in [1.82, 2.24) is 9.97 Å². The third kappa shape index (κ3) is 4.03. The number of anilines is 2. The van der Waals surface area contributed by atoms with E-state index in [2.05, 4.69) is 20.6 Å². The van der Waals surface area contributed by atoms with Gasteiger partial charge in [0.1, 0.15) is 5.82 Å². The zero-order valence-electron chi connectivity index (χ0n) is 12.7. The van der Waals surface area contributed by atoms with Gasteiger partial charge < -0.3 is 20.5 Å². The van der Waals surface area contributed by atoms with Crippen molar-refractivity contribution in [3.63, 3.8) is 0 Å². The monoisotopic (exact) mass is 290 g/mol. The van der Waals surface area contributed by atoms with E-state index >= 15 is 0 Å². The fraction of sp³-hybridized carbons (Fsp3) is 0.467. The number of aromatic nitrogens is 2. The van der Waals surface area contributed by atoms with E-state index in [1.807, 2.05) is 24.3 Å². The SMILES string of the molecule is CNc1nc(NCC(C)(O)CCOC)c2ccccc2n1. The van der Waals surface area contributed by atoms with E-state index in [1.54, 1.807) is 21.1 Å². The van der Waals surface area contributed by atoms with Gasteiger partial charge in [0.25, 0.3) is 0 Å². The Labute approximate surface area is 124 Å². The summed E-state index contributed by atoms with van der Waals surface area (Å²) in [6.07, 6.45) is 0.554. The van der Waals surface area contributed by atoms with E-state index in [1.165, 1.54) is 0 Å². The zero-order chi connectivity index (χ0) is 15.3. The van der Waals surface area contributed by atoms with Crippen molar-refractivity contribution in [2.75, 3.05) is 37.9 Å². The Bertz CT molecular complexity index is 601. The Hall–Kier alpha value is -1.92. The summed E-state index contributed by atoms with van der Waals surface area (Å²) in [4.78, 5) is 8.83. The smallest absolute Gasteiger partial charge is 0.224 e. The van der Waals surface area contributed by atoms with E-state index in [4.69, 9.17) is 4.74 Å². The standard InChI is InChI=1S/C15H22N4O2/c1-15(20,8-9-21-3)10-17-13-11-6-4-5-7-12(11)18-14(16-2)19-13/h4-7,20H,8-10H2,1-3H3,(H2,16,17,18,19). The van der Waals surface area contributed by atoms with Crippen LogP contribution < -0.4 is 10.6 Å². The second-order valence-electron chi connectivity index (χ2n) is 5.26. The normalized spacial score (nSPS) is 13.9. The molecule has 0 bridgehead atoms. The van der Waals surface area contributed by atoms with Crippen LogP contribution in [0.3, 0.4) is 0 Å². The highest BCUT2D eigenvalue weighted by molar-refractivity contribution is 5.90. The topological polar surface area (TPSA) is 79.3 Å². The summed E-state index contributed by atoms with van der Waals surface area (Å²) >= 11 is 0. The lowest BCUT2D eigenvalue weighted by atomic mass is 10.0. The van der Waals surface area contributed by atoms with Crippen LogP contribution >= 0.6 is 0 Å². The molecule has 21 heavy (non-hydrogen) atoms. The van der Waals surface area contributed by atoms with Gasteiger partial charge in [0, 0.05) is 39.1 Å². The minimum absolute atomic E-state index is 0.389. The first-order valence-corrected chi connectivity index (χ1v) is 6.95. The fourth-order valence-corrected chi connectivity index (χ4v) is 2.01. The molecular weight excluding hydrogens is 268 g/mol. The Balaban J connectivity index is 2.21. The number of rotatable bonds is 7. The second-order valence-corrected chi connectivity index (χ2v) is 5.26. The average molecular weight is 290 g/mol. The molecule has 114 valence electrons. The molecule has 2 rings (SSSR count). The van der Waals surface area contributed by atoms with Crippen molar-refractivity contribution in [2.24, 2.45) is 0 Å². The first-order chi connectivity index (χ1) is 10.1. The van der Waals surface area contributed by atoms with Crippen LogP contribution in [-0.2, 0) is 4.74 Å². The summed E-state index contributed by atoms with van der Waals surface area (Å²) in [6.45, 7) is 2.68. The van der Waals surface area contributed by atoms with Gasteiger partial charge in [-0.05, 0) is 19.1 Å². The number of hydrogen-bond donors (Lipinski definition) is 3. The van der Waals surface area contributed by atoms with Crippen LogP contribution in [0.15, 0.2) is 24.3 Å². The number of nitrogens with zero attached hydrogens (tertiary/aromatic N) is 2. The molecule has 0 aliphatic carbocycles. The van der Waals surface area contributed by atoms with Crippen molar-refractivity contribution in [3.05, 3.63) is 24.3 Å². The summed E-state index contributed by atoms with van der Waals surface area (Å²) in [5, 5.41) is 17.4. The van der Waals surface area contributed by atoms with Crippen molar-refractivity contribution < 1.29 is 9.84 Å². The molecule has 1 heterocycles. The molecule has 1 aromatic heterocycles. The molecule has 1 aromatic carbocycles. The first kappa shape index (κ1) is 15.5. The van der Waals surface area contributed by atoms with Crippen LogP contribution in [0.1, 0.15) is 13.3 Å². The van der Waals surface area contributed by atoms with Crippen LogP contribution in [0.4, 0.5) is 11.8 Å². The molecule has 1 atom stereocenters. The highest BCUT2D eigenvalue weighted by Gasteiger charge is 2.20. The van der Waals surface area contributed by atoms with E-state index in [0.717, 1.165) is 10.9 Å². The molecule has 6 nitrogen and oxygen atoms in total. The van der Waals surface area contributed by atoms with Gasteiger partial charge in [0.2, 0.25) is 5.95 Å². The Morgan fingerprint density at radius 1 is 1.29 bits per heavy atom. The van der Waals surface area contributed by atoms with E-state index in [-0.39, 0.29) is 0 Å². The third-order valence-corrected chi connectivity index (χ3v) is 3.31. The second kappa shape index (κ2) is 6.69. The maximum atomic E-state index is 10.3. The molecule has 0 amide bonds. The fourth-order valence-electron chi connectivity index (χ4n) is 2.01. The van der Waals surface area contributed by atoms with Crippen LogP contribution in [0.5, 0.6) is 0 Å². The number of ether oxygens (including phenoxy) is 1. The zero-order valence-corrected chi connectivity index (χ0v) is 12.7. The summed E-state index contributed by atoms with van der Waals surface area (Å²) in [6, 6.07) is 7.78. The number of aliphatic hydroxyl groups is 1. The lowest BCUT2D eigenvalue weighted by molar-refractivity contribution is 0.0357. The van der Waals surface area contributed by atoms with E-state index in [0.29, 0.717) is 31.3 Å². The summed E-state index contributed by atoms with van der Waals surface area (Å²) in [7, 11) is 3.41. The van der Waals surface area contributed by atoms with Gasteiger partial charge in [-0.2, -0.15) is 4.98 Å². The Morgan fingerprint density at radius 2 is 2.05 bits per heavy atom. The molecule has 2 aromatic rings. The van der Waals surface area contributed by atoms with Gasteiger partial charge in [0.15, 0.2) is 0 Å². The van der Waals surface area contributed by atoms with Gasteiger partial charge in [-0.25, -0.2) is 4.98 Å². The maximum absolute atomic E-state index is 10.3. The molecule has 6 heteroatoms. The van der Waals surface area contributed by atoms with Gasteiger partial charge >= 0.3 is 0 Å². The van der Waals surface area contributed by atoms with E-state index in [9.17, 15) is 5.11 Å².